The highest BCUT2D eigenvalue weighted by molar-refractivity contribution is 7.80. The van der Waals surface area contributed by atoms with E-state index in [4.69, 9.17) is 27.8 Å². The van der Waals surface area contributed by atoms with Crippen LogP contribution in [0, 0.1) is 5.41 Å². The van der Waals surface area contributed by atoms with Crippen LogP contribution in [0.4, 0.5) is 0 Å². The molecule has 16 heavy (non-hydrogen) atoms. The zero-order chi connectivity index (χ0) is 12.8. The van der Waals surface area contributed by atoms with E-state index in [1.54, 1.807) is 21.0 Å². The molecule has 0 aliphatic rings. The topological polar surface area (TPSA) is 75.8 Å². The molecule has 0 aliphatic heterocycles. The molecule has 6 heteroatoms. The van der Waals surface area contributed by atoms with Gasteiger partial charge in [0.05, 0.1) is 23.6 Å². The van der Waals surface area contributed by atoms with E-state index < -0.39 is 5.41 Å². The summed E-state index contributed by atoms with van der Waals surface area (Å²) in [6, 6.07) is 0. The molecule has 0 saturated carbocycles. The lowest BCUT2D eigenvalue weighted by Crippen LogP contribution is -2.49. The van der Waals surface area contributed by atoms with Crippen molar-refractivity contribution in [3.8, 4) is 0 Å². The summed E-state index contributed by atoms with van der Waals surface area (Å²) in [5.74, 6) is -0.189. The molecule has 1 amide bonds. The molecule has 0 bridgehead atoms. The fraction of sp³-hybridized carbons (Fsp3) is 0.800. The first-order chi connectivity index (χ1) is 7.37. The number of hydrogen-bond acceptors (Lipinski definition) is 4. The molecule has 3 N–H and O–H groups in total. The number of carbonyl (C=O) groups excluding carboxylic acids is 1. The van der Waals surface area contributed by atoms with Crippen LogP contribution in [-0.2, 0) is 9.53 Å². The average Bonchev–Trinajstić information content (AvgIpc) is 2.22. The molecule has 0 rings (SSSR count). The summed E-state index contributed by atoms with van der Waals surface area (Å²) in [5, 5.41) is 8.89. The summed E-state index contributed by atoms with van der Waals surface area (Å²) in [6.45, 7) is 4.35. The van der Waals surface area contributed by atoms with E-state index in [2.05, 4.69) is 0 Å². The number of nitrogens with two attached hydrogens (primary N) is 1. The van der Waals surface area contributed by atoms with Crippen LogP contribution < -0.4 is 5.73 Å². The lowest BCUT2D eigenvalue weighted by Gasteiger charge is -2.30. The number of methoxy groups -OCH3 is 1. The van der Waals surface area contributed by atoms with Crippen molar-refractivity contribution in [1.82, 2.24) is 4.90 Å². The predicted octanol–water partition coefficient (Wildman–Crippen LogP) is -0.234. The number of nitrogens with zero attached hydrogens (tertiary/aromatic N) is 1. The van der Waals surface area contributed by atoms with Crippen molar-refractivity contribution < 1.29 is 14.6 Å². The molecule has 0 spiro atoms. The third-order valence-corrected chi connectivity index (χ3v) is 2.88. The van der Waals surface area contributed by atoms with E-state index in [0.717, 1.165) is 0 Å². The molecule has 0 aromatic heterocycles. The Bertz CT molecular complexity index is 256. The summed E-state index contributed by atoms with van der Waals surface area (Å²) in [7, 11) is 1.56. The third-order valence-electron chi connectivity index (χ3n) is 2.37. The quantitative estimate of drug-likeness (QED) is 0.609. The van der Waals surface area contributed by atoms with Crippen LogP contribution >= 0.6 is 12.2 Å². The average molecular weight is 248 g/mol. The van der Waals surface area contributed by atoms with Gasteiger partial charge in [-0.25, -0.2) is 0 Å². The Hall–Kier alpha value is -0.720. The molecule has 0 radical (unpaired) electrons. The smallest absolute Gasteiger partial charge is 0.235 e. The molecule has 0 aliphatic carbocycles. The van der Waals surface area contributed by atoms with Crippen molar-refractivity contribution in [1.29, 1.82) is 0 Å². The van der Waals surface area contributed by atoms with Gasteiger partial charge in [-0.1, -0.05) is 12.2 Å². The van der Waals surface area contributed by atoms with Gasteiger partial charge < -0.3 is 20.5 Å². The summed E-state index contributed by atoms with van der Waals surface area (Å²) < 4.78 is 4.90. The molecule has 0 heterocycles. The van der Waals surface area contributed by atoms with E-state index >= 15 is 0 Å². The normalized spacial score (nSPS) is 11.2. The Balaban J connectivity index is 4.65. The fourth-order valence-electron chi connectivity index (χ4n) is 1.14. The van der Waals surface area contributed by atoms with Crippen LogP contribution in [0.1, 0.15) is 13.8 Å². The Morgan fingerprint density at radius 2 is 2.06 bits per heavy atom. The third kappa shape index (κ3) is 4.03. The maximum absolute atomic E-state index is 12.1. The lowest BCUT2D eigenvalue weighted by atomic mass is 9.91. The number of aliphatic hydroxyl groups is 1. The van der Waals surface area contributed by atoms with E-state index in [0.29, 0.717) is 13.2 Å². The van der Waals surface area contributed by atoms with Gasteiger partial charge in [0.2, 0.25) is 5.91 Å². The summed E-state index contributed by atoms with van der Waals surface area (Å²) >= 11 is 4.86. The molecular weight excluding hydrogens is 228 g/mol. The first kappa shape index (κ1) is 15.3. The van der Waals surface area contributed by atoms with Gasteiger partial charge in [0.25, 0.3) is 0 Å². The predicted molar refractivity (Wildman–Crippen MR) is 66.1 cm³/mol. The van der Waals surface area contributed by atoms with E-state index in [9.17, 15) is 4.79 Å². The number of ether oxygens (including phenoxy) is 1. The van der Waals surface area contributed by atoms with Gasteiger partial charge in [-0.15, -0.1) is 0 Å². The fourth-order valence-corrected chi connectivity index (χ4v) is 1.23. The van der Waals surface area contributed by atoms with Crippen LogP contribution in [0.25, 0.3) is 0 Å². The number of hydrogen-bond donors (Lipinski definition) is 2. The molecule has 0 saturated heterocycles. The zero-order valence-electron chi connectivity index (χ0n) is 10.0. The van der Waals surface area contributed by atoms with Gasteiger partial charge in [0.1, 0.15) is 0 Å². The van der Waals surface area contributed by atoms with Gasteiger partial charge in [-0.05, 0) is 13.8 Å². The van der Waals surface area contributed by atoms with Crippen LogP contribution in [0.5, 0.6) is 0 Å². The second-order valence-electron chi connectivity index (χ2n) is 4.00. The Morgan fingerprint density at radius 3 is 2.44 bits per heavy atom. The number of carbonyl (C=O) groups is 1. The SMILES string of the molecule is COCCN(CCO)C(=O)C(C)(C)C(N)=S. The number of thiocarbonyl (C=S) groups is 1. The van der Waals surface area contributed by atoms with Crippen molar-refractivity contribution in [2.45, 2.75) is 13.8 Å². The van der Waals surface area contributed by atoms with Crippen molar-refractivity contribution >= 4 is 23.1 Å². The first-order valence-electron chi connectivity index (χ1n) is 5.07. The maximum atomic E-state index is 12.1. The van der Waals surface area contributed by atoms with Crippen LogP contribution in [0.2, 0.25) is 0 Å². The lowest BCUT2D eigenvalue weighted by molar-refractivity contribution is -0.138. The van der Waals surface area contributed by atoms with Crippen molar-refractivity contribution in [3.63, 3.8) is 0 Å². The Kier molecular flexibility index (Phi) is 6.47. The Labute approximate surface area is 102 Å². The molecule has 0 aromatic carbocycles. The monoisotopic (exact) mass is 248 g/mol. The van der Waals surface area contributed by atoms with E-state index in [1.807, 2.05) is 0 Å². The van der Waals surface area contributed by atoms with Crippen LogP contribution in [0.3, 0.4) is 0 Å². The zero-order valence-corrected chi connectivity index (χ0v) is 10.8. The maximum Gasteiger partial charge on any atom is 0.235 e. The molecule has 0 fully saturated rings. The number of amides is 1. The molecule has 0 unspecified atom stereocenters. The molecule has 5 nitrogen and oxygen atoms in total. The first-order valence-corrected chi connectivity index (χ1v) is 5.47. The van der Waals surface area contributed by atoms with E-state index in [1.165, 1.54) is 4.90 Å². The minimum Gasteiger partial charge on any atom is -0.395 e. The van der Waals surface area contributed by atoms with Crippen LogP contribution in [-0.4, -0.2) is 54.3 Å². The highest BCUT2D eigenvalue weighted by Crippen LogP contribution is 2.19. The molecule has 0 aromatic rings. The molecule has 94 valence electrons. The standard InChI is InChI=1S/C10H20N2O3S/c1-10(2,8(11)16)9(14)12(4-6-13)5-7-15-3/h13H,4-7H2,1-3H3,(H2,11,16). The van der Waals surface area contributed by atoms with Gasteiger partial charge in [-0.3, -0.25) is 4.79 Å². The highest BCUT2D eigenvalue weighted by atomic mass is 32.1. The molecule has 0 atom stereocenters. The van der Waals surface area contributed by atoms with Crippen molar-refractivity contribution in [2.75, 3.05) is 33.4 Å². The second kappa shape index (κ2) is 6.78. The van der Waals surface area contributed by atoms with Crippen LogP contribution in [0.15, 0.2) is 0 Å². The van der Waals surface area contributed by atoms with Gasteiger partial charge in [-0.2, -0.15) is 0 Å². The summed E-state index contributed by atoms with van der Waals surface area (Å²) in [4.78, 5) is 13.7. The van der Waals surface area contributed by atoms with Crippen molar-refractivity contribution in [3.05, 3.63) is 0 Å². The minimum atomic E-state index is -0.891. The minimum absolute atomic E-state index is 0.0944. The second-order valence-corrected chi connectivity index (χ2v) is 4.44. The van der Waals surface area contributed by atoms with Crippen molar-refractivity contribution in [2.24, 2.45) is 11.1 Å². The van der Waals surface area contributed by atoms with Gasteiger partial charge >= 0.3 is 0 Å². The van der Waals surface area contributed by atoms with Gasteiger partial charge in [0.15, 0.2) is 0 Å². The van der Waals surface area contributed by atoms with E-state index in [-0.39, 0.29) is 24.0 Å². The number of aliphatic hydroxyl groups excluding tert-OH is 1. The molecular formula is C10H20N2O3S. The summed E-state index contributed by atoms with van der Waals surface area (Å²) in [5.41, 5.74) is 4.63. The highest BCUT2D eigenvalue weighted by Gasteiger charge is 2.34. The summed E-state index contributed by atoms with van der Waals surface area (Å²) in [6.07, 6.45) is 0. The number of rotatable bonds is 7. The Morgan fingerprint density at radius 1 is 1.50 bits per heavy atom. The largest absolute Gasteiger partial charge is 0.395 e. The van der Waals surface area contributed by atoms with Gasteiger partial charge in [0, 0.05) is 20.2 Å².